The number of ether oxygens (including phenoxy) is 2. The Bertz CT molecular complexity index is 1870. The summed E-state index contributed by atoms with van der Waals surface area (Å²) in [6, 6.07) is 13.9. The molecule has 0 radical (unpaired) electrons. The molecule has 11 heteroatoms. The number of rotatable bonds is 9. The van der Waals surface area contributed by atoms with E-state index >= 15 is 0 Å². The summed E-state index contributed by atoms with van der Waals surface area (Å²) in [5, 5.41) is 11.7. The maximum atomic E-state index is 12.7. The van der Waals surface area contributed by atoms with Gasteiger partial charge in [0.05, 0.1) is 23.8 Å². The zero-order chi connectivity index (χ0) is 31.7. The van der Waals surface area contributed by atoms with Gasteiger partial charge in [0.25, 0.3) is 0 Å². The minimum absolute atomic E-state index is 0.00531. The average molecular weight is 607 g/mol. The lowest BCUT2D eigenvalue weighted by Crippen LogP contribution is -2.50. The van der Waals surface area contributed by atoms with Gasteiger partial charge in [-0.1, -0.05) is 25.6 Å². The zero-order valence-electron chi connectivity index (χ0n) is 26.3. The first kappa shape index (κ1) is 30.0. The first-order valence-electron chi connectivity index (χ1n) is 15.3. The molecule has 0 aliphatic carbocycles. The number of methoxy groups -OCH3 is 1. The highest BCUT2D eigenvalue weighted by Crippen LogP contribution is 2.40. The van der Waals surface area contributed by atoms with Gasteiger partial charge in [0, 0.05) is 42.9 Å². The Morgan fingerprint density at radius 3 is 2.53 bits per heavy atom. The summed E-state index contributed by atoms with van der Waals surface area (Å²) in [7, 11) is 3.48. The third-order valence-electron chi connectivity index (χ3n) is 8.75. The predicted octanol–water partition coefficient (Wildman–Crippen LogP) is 6.61. The first-order chi connectivity index (χ1) is 21.8. The molecule has 6 rings (SSSR count). The summed E-state index contributed by atoms with van der Waals surface area (Å²) in [5.74, 6) is 2.70. The minimum atomic E-state index is 0.00531. The van der Waals surface area contributed by atoms with Crippen molar-refractivity contribution in [2.24, 2.45) is 7.05 Å². The van der Waals surface area contributed by atoms with Crippen molar-refractivity contribution in [2.75, 3.05) is 12.4 Å². The number of carbonyl (C=O) groups is 1. The number of aromatic nitrogens is 6. The first-order valence-corrected chi connectivity index (χ1v) is 15.3. The van der Waals surface area contributed by atoms with Crippen LogP contribution in [0.3, 0.4) is 0 Å². The van der Waals surface area contributed by atoms with Crippen LogP contribution < -0.4 is 14.8 Å². The van der Waals surface area contributed by atoms with Crippen LogP contribution in [-0.4, -0.2) is 59.9 Å². The molecule has 3 aromatic heterocycles. The number of pyridine rings is 1. The quantitative estimate of drug-likeness (QED) is 0.185. The van der Waals surface area contributed by atoms with Crippen molar-refractivity contribution >= 4 is 39.5 Å². The molecule has 1 saturated heterocycles. The Hall–Kier alpha value is -5.06. The number of anilines is 2. The van der Waals surface area contributed by atoms with E-state index in [0.29, 0.717) is 28.6 Å². The molecule has 2 atom stereocenters. The maximum absolute atomic E-state index is 12.7. The fourth-order valence-electron chi connectivity index (χ4n) is 6.37. The van der Waals surface area contributed by atoms with Crippen LogP contribution in [0.4, 0.5) is 11.5 Å². The van der Waals surface area contributed by atoms with Crippen LogP contribution in [0.1, 0.15) is 56.7 Å². The Morgan fingerprint density at radius 2 is 1.82 bits per heavy atom. The van der Waals surface area contributed by atoms with Crippen molar-refractivity contribution in [3.63, 3.8) is 0 Å². The van der Waals surface area contributed by atoms with E-state index < -0.39 is 0 Å². The summed E-state index contributed by atoms with van der Waals surface area (Å²) in [4.78, 5) is 28.9. The zero-order valence-corrected chi connectivity index (χ0v) is 26.3. The van der Waals surface area contributed by atoms with E-state index in [-0.39, 0.29) is 23.9 Å². The number of fused-ring (bicyclic) bond motifs is 2. The number of nitrogens with one attached hydrogen (secondary N) is 1. The van der Waals surface area contributed by atoms with Gasteiger partial charge >= 0.3 is 0 Å². The molecule has 11 nitrogen and oxygen atoms in total. The molecule has 1 fully saturated rings. The molecule has 232 valence electrons. The third-order valence-corrected chi connectivity index (χ3v) is 8.75. The molecule has 4 heterocycles. The van der Waals surface area contributed by atoms with Crippen LogP contribution in [0, 0.1) is 6.92 Å². The molecule has 1 amide bonds. The van der Waals surface area contributed by atoms with E-state index in [2.05, 4.69) is 52.1 Å². The fourth-order valence-corrected chi connectivity index (χ4v) is 6.37. The molecule has 0 bridgehead atoms. The lowest BCUT2D eigenvalue weighted by atomic mass is 9.81. The molecule has 45 heavy (non-hydrogen) atoms. The molecule has 2 unspecified atom stereocenters. The summed E-state index contributed by atoms with van der Waals surface area (Å²) < 4.78 is 13.7. The average Bonchev–Trinajstić information content (AvgIpc) is 3.44. The summed E-state index contributed by atoms with van der Waals surface area (Å²) in [6.07, 6.45) is 6.42. The molecule has 2 aromatic carbocycles. The number of carbonyl (C=O) groups excluding carboxylic acids is 1. The van der Waals surface area contributed by atoms with Crippen LogP contribution in [0.15, 0.2) is 61.4 Å². The second kappa shape index (κ2) is 12.5. The van der Waals surface area contributed by atoms with E-state index in [9.17, 15) is 4.79 Å². The van der Waals surface area contributed by atoms with Crippen LogP contribution >= 0.6 is 0 Å². The molecular formula is C34H38N8O3. The van der Waals surface area contributed by atoms with Crippen molar-refractivity contribution in [1.29, 1.82) is 0 Å². The van der Waals surface area contributed by atoms with Crippen molar-refractivity contribution in [2.45, 2.75) is 64.5 Å². The van der Waals surface area contributed by atoms with Gasteiger partial charge < -0.3 is 19.7 Å². The van der Waals surface area contributed by atoms with Crippen LogP contribution in [0.2, 0.25) is 0 Å². The van der Waals surface area contributed by atoms with E-state index in [1.54, 1.807) is 11.8 Å². The molecule has 0 spiro atoms. The highest BCUT2D eigenvalue weighted by Gasteiger charge is 2.37. The van der Waals surface area contributed by atoms with Gasteiger partial charge in [-0.2, -0.15) is 0 Å². The number of nitrogens with zero attached hydrogens (tertiary/aromatic N) is 7. The van der Waals surface area contributed by atoms with Gasteiger partial charge in [-0.15, -0.1) is 5.10 Å². The molecule has 1 N–H and O–H groups in total. The van der Waals surface area contributed by atoms with Gasteiger partial charge in [0.2, 0.25) is 5.91 Å². The number of piperidine rings is 1. The normalized spacial score (nSPS) is 18.2. The van der Waals surface area contributed by atoms with Crippen molar-refractivity contribution in [3.8, 4) is 17.2 Å². The molecular weight excluding hydrogens is 568 g/mol. The predicted molar refractivity (Wildman–Crippen MR) is 174 cm³/mol. The van der Waals surface area contributed by atoms with E-state index in [1.165, 1.54) is 12.4 Å². The second-order valence-electron chi connectivity index (χ2n) is 11.5. The van der Waals surface area contributed by atoms with E-state index in [0.717, 1.165) is 59.2 Å². The van der Waals surface area contributed by atoms with Gasteiger partial charge in [-0.25, -0.2) is 19.6 Å². The highest BCUT2D eigenvalue weighted by molar-refractivity contribution is 5.88. The number of hydrogen-bond acceptors (Lipinski definition) is 9. The Morgan fingerprint density at radius 1 is 1.04 bits per heavy atom. The largest absolute Gasteiger partial charge is 0.494 e. The Kier molecular flexibility index (Phi) is 8.34. The summed E-state index contributed by atoms with van der Waals surface area (Å²) in [6.45, 7) is 9.98. The number of hydrogen-bond donors (Lipinski definition) is 1. The van der Waals surface area contributed by atoms with Crippen LogP contribution in [0.25, 0.3) is 22.1 Å². The van der Waals surface area contributed by atoms with Crippen molar-refractivity contribution < 1.29 is 14.3 Å². The van der Waals surface area contributed by atoms with Gasteiger partial charge in [0.15, 0.2) is 5.82 Å². The SMILES string of the molecule is C=CC(=O)N1C(CC)CC(c2ccc3ncnc(Nc4cc(C)c(Oc5ccc6c(c5)nnn6C)cc4OC)c3n2)CC1CC. The maximum Gasteiger partial charge on any atom is 0.246 e. The number of aryl methyl sites for hydroxylation is 2. The smallest absolute Gasteiger partial charge is 0.246 e. The number of benzene rings is 2. The third kappa shape index (κ3) is 5.77. The second-order valence-corrected chi connectivity index (χ2v) is 11.5. The minimum Gasteiger partial charge on any atom is -0.494 e. The molecule has 1 aliphatic heterocycles. The summed E-state index contributed by atoms with van der Waals surface area (Å²) in [5.41, 5.74) is 5.71. The lowest BCUT2D eigenvalue weighted by molar-refractivity contribution is -0.133. The van der Waals surface area contributed by atoms with Crippen LogP contribution in [0.5, 0.6) is 17.2 Å². The van der Waals surface area contributed by atoms with E-state index in [1.807, 2.05) is 55.3 Å². The molecule has 5 aromatic rings. The Balaban J connectivity index is 1.29. The standard InChI is InChI=1S/C34H38N8O3/c1-7-22-15-21(16-23(8-2)42(22)32(43)9-3)25-11-12-26-33(37-25)34(36-19-35-26)38-28-14-20(4)30(18-31(28)44-6)45-24-10-13-29-27(17-24)39-40-41(29)5/h9-14,17-19,21-23H,3,7-8,15-16H2,1-2,4-6H3,(H,35,36,38). The highest BCUT2D eigenvalue weighted by atomic mass is 16.5. The van der Waals surface area contributed by atoms with E-state index in [4.69, 9.17) is 14.5 Å². The summed E-state index contributed by atoms with van der Waals surface area (Å²) >= 11 is 0. The Labute approximate surface area is 262 Å². The van der Waals surface area contributed by atoms with Gasteiger partial charge in [0.1, 0.15) is 34.6 Å². The monoisotopic (exact) mass is 606 g/mol. The topological polar surface area (TPSA) is 120 Å². The van der Waals surface area contributed by atoms with Crippen molar-refractivity contribution in [3.05, 3.63) is 72.7 Å². The molecule has 1 aliphatic rings. The fraction of sp³-hybridized carbons (Fsp3) is 0.353. The lowest BCUT2D eigenvalue weighted by Gasteiger charge is -2.44. The van der Waals surface area contributed by atoms with Crippen LogP contribution in [-0.2, 0) is 11.8 Å². The molecule has 0 saturated carbocycles. The van der Waals surface area contributed by atoms with Gasteiger partial charge in [-0.05, 0) is 74.6 Å². The number of likely N-dealkylation sites (tertiary alicyclic amines) is 1. The van der Waals surface area contributed by atoms with Crippen molar-refractivity contribution in [1.82, 2.24) is 34.8 Å². The number of amides is 1. The van der Waals surface area contributed by atoms with Gasteiger partial charge in [-0.3, -0.25) is 4.79 Å².